The summed E-state index contributed by atoms with van der Waals surface area (Å²) in [5.74, 6) is 1.07. The van der Waals surface area contributed by atoms with Crippen molar-refractivity contribution in [3.05, 3.63) is 114 Å². The van der Waals surface area contributed by atoms with Gasteiger partial charge in [-0.05, 0) is 69.8 Å². The molecule has 5 rings (SSSR count). The van der Waals surface area contributed by atoms with Crippen LogP contribution in [0.1, 0.15) is 56.5 Å². The Morgan fingerprint density at radius 2 is 1.50 bits per heavy atom. The fourth-order valence-corrected chi connectivity index (χ4v) is 4.93. The Morgan fingerprint density at radius 3 is 2.13 bits per heavy atom. The summed E-state index contributed by atoms with van der Waals surface area (Å²) in [6.45, 7) is 8.77. The van der Waals surface area contributed by atoms with Gasteiger partial charge in [-0.15, -0.1) is 0 Å². The van der Waals surface area contributed by atoms with Crippen LogP contribution in [0.5, 0.6) is 11.8 Å². The second-order valence-electron chi connectivity index (χ2n) is 10.7. The van der Waals surface area contributed by atoms with Gasteiger partial charge in [0.25, 0.3) is 0 Å². The fourth-order valence-electron chi connectivity index (χ4n) is 4.93. The van der Waals surface area contributed by atoms with Crippen molar-refractivity contribution in [1.29, 1.82) is 0 Å². The third-order valence-corrected chi connectivity index (χ3v) is 6.92. The molecule has 1 atom stereocenters. The molecule has 1 saturated heterocycles. The first kappa shape index (κ1) is 25.9. The second kappa shape index (κ2) is 11.8. The molecular weight excluding hydrogens is 470 g/mol. The van der Waals surface area contributed by atoms with E-state index in [9.17, 15) is 0 Å². The number of aromatic nitrogens is 2. The summed E-state index contributed by atoms with van der Waals surface area (Å²) in [5, 5.41) is 0. The largest absolute Gasteiger partial charge is 0.473 e. The van der Waals surface area contributed by atoms with Crippen molar-refractivity contribution >= 4 is 0 Å². The lowest BCUT2D eigenvalue weighted by Gasteiger charge is -2.44. The van der Waals surface area contributed by atoms with Gasteiger partial charge < -0.3 is 9.47 Å². The highest BCUT2D eigenvalue weighted by atomic mass is 16.5. The van der Waals surface area contributed by atoms with Crippen LogP contribution in [0.3, 0.4) is 0 Å². The molecule has 0 spiro atoms. The molecule has 2 aromatic heterocycles. The molecule has 1 fully saturated rings. The average Bonchev–Trinajstić information content (AvgIpc) is 2.96. The van der Waals surface area contributed by atoms with Gasteiger partial charge in [0, 0.05) is 28.9 Å². The first-order valence-electron chi connectivity index (χ1n) is 13.4. The predicted octanol–water partition coefficient (Wildman–Crippen LogP) is 7.44. The van der Waals surface area contributed by atoms with E-state index in [0.717, 1.165) is 47.3 Å². The number of likely N-dealkylation sites (tertiary alicyclic amines) is 1. The van der Waals surface area contributed by atoms with E-state index in [1.165, 1.54) is 0 Å². The quantitative estimate of drug-likeness (QED) is 0.248. The molecule has 4 aromatic rings. The van der Waals surface area contributed by atoms with Crippen LogP contribution in [0, 0.1) is 6.42 Å². The van der Waals surface area contributed by atoms with Gasteiger partial charge in [0.15, 0.2) is 0 Å². The summed E-state index contributed by atoms with van der Waals surface area (Å²) in [6, 6.07) is 28.7. The first-order valence-corrected chi connectivity index (χ1v) is 13.4. The van der Waals surface area contributed by atoms with Crippen LogP contribution in [0.15, 0.2) is 91.1 Å². The number of rotatable bonds is 8. The minimum Gasteiger partial charge on any atom is -0.473 e. The fraction of sp³-hybridized carbons (Fsp3) is 0.303. The van der Waals surface area contributed by atoms with Gasteiger partial charge in [-0.1, -0.05) is 66.7 Å². The molecule has 0 N–H and O–H groups in total. The van der Waals surface area contributed by atoms with Gasteiger partial charge in [-0.25, -0.2) is 0 Å². The van der Waals surface area contributed by atoms with Gasteiger partial charge in [-0.2, -0.15) is 4.98 Å². The van der Waals surface area contributed by atoms with E-state index in [4.69, 9.17) is 19.4 Å². The van der Waals surface area contributed by atoms with Crippen LogP contribution in [0.25, 0.3) is 11.1 Å². The molecule has 0 saturated carbocycles. The van der Waals surface area contributed by atoms with Crippen molar-refractivity contribution in [2.75, 3.05) is 6.54 Å². The molecule has 5 heteroatoms. The molecule has 5 nitrogen and oxygen atoms in total. The lowest BCUT2D eigenvalue weighted by molar-refractivity contribution is 0.0633. The summed E-state index contributed by atoms with van der Waals surface area (Å²) < 4.78 is 12.2. The SMILES string of the molecule is CC(C)(C)N1CC[CH]CC1c1ccc(-c2ccc(OCc3ccccc3)nc2OCc2ccccc2)cn1. The van der Waals surface area contributed by atoms with Gasteiger partial charge >= 0.3 is 0 Å². The Labute approximate surface area is 226 Å². The van der Waals surface area contributed by atoms with E-state index in [2.05, 4.69) is 44.2 Å². The molecule has 0 amide bonds. The third kappa shape index (κ3) is 6.40. The maximum absolute atomic E-state index is 6.25. The number of ether oxygens (including phenoxy) is 2. The Balaban J connectivity index is 1.39. The number of hydrogen-bond donors (Lipinski definition) is 0. The van der Waals surface area contributed by atoms with E-state index in [-0.39, 0.29) is 5.54 Å². The summed E-state index contributed by atoms with van der Waals surface area (Å²) in [6.07, 6.45) is 6.47. The number of pyridine rings is 2. The van der Waals surface area contributed by atoms with Crippen LogP contribution in [0.4, 0.5) is 0 Å². The Bertz CT molecular complexity index is 1300. The monoisotopic (exact) mass is 506 g/mol. The minimum absolute atomic E-state index is 0.0945. The number of piperidine rings is 1. The zero-order chi connectivity index (χ0) is 26.4. The molecule has 1 unspecified atom stereocenters. The van der Waals surface area contributed by atoms with Gasteiger partial charge in [-0.3, -0.25) is 9.88 Å². The van der Waals surface area contributed by atoms with Gasteiger partial charge in [0.2, 0.25) is 11.8 Å². The predicted molar refractivity (Wildman–Crippen MR) is 152 cm³/mol. The van der Waals surface area contributed by atoms with Crippen LogP contribution in [0.2, 0.25) is 0 Å². The van der Waals surface area contributed by atoms with Crippen LogP contribution >= 0.6 is 0 Å². The molecular formula is C33H36N3O2. The zero-order valence-corrected chi connectivity index (χ0v) is 22.5. The van der Waals surface area contributed by atoms with Crippen molar-refractivity contribution in [3.8, 4) is 22.9 Å². The maximum atomic E-state index is 6.25. The van der Waals surface area contributed by atoms with Crippen molar-refractivity contribution in [2.24, 2.45) is 0 Å². The smallest absolute Gasteiger partial charge is 0.225 e. The van der Waals surface area contributed by atoms with E-state index in [1.807, 2.05) is 79.0 Å². The Morgan fingerprint density at radius 1 is 0.816 bits per heavy atom. The lowest BCUT2D eigenvalue weighted by Crippen LogP contribution is -2.46. The molecule has 1 aliphatic rings. The maximum Gasteiger partial charge on any atom is 0.225 e. The highest BCUT2D eigenvalue weighted by Crippen LogP contribution is 2.36. The Kier molecular flexibility index (Phi) is 8.04. The molecule has 38 heavy (non-hydrogen) atoms. The third-order valence-electron chi connectivity index (χ3n) is 6.92. The normalized spacial score (nSPS) is 16.2. The summed E-state index contributed by atoms with van der Waals surface area (Å²) in [5.41, 5.74) is 5.24. The van der Waals surface area contributed by atoms with E-state index >= 15 is 0 Å². The highest BCUT2D eigenvalue weighted by Gasteiger charge is 2.32. The standard InChI is InChI=1S/C33H36N3O2/c1-33(2,3)36-21-11-10-16-30(36)29-19-17-27(22-34-29)28-18-20-31(37-23-25-12-6-4-7-13-25)35-32(28)38-24-26-14-8-5-9-15-26/h4-10,12-15,17-20,22,30H,11,16,21,23-24H2,1-3H3. The van der Waals surface area contributed by atoms with Gasteiger partial charge in [0.1, 0.15) is 13.2 Å². The molecule has 0 bridgehead atoms. The van der Waals surface area contributed by atoms with Crippen LogP contribution in [-0.4, -0.2) is 27.0 Å². The summed E-state index contributed by atoms with van der Waals surface area (Å²) in [7, 11) is 0. The van der Waals surface area contributed by atoms with Crippen molar-refractivity contribution in [3.63, 3.8) is 0 Å². The summed E-state index contributed by atoms with van der Waals surface area (Å²) >= 11 is 0. The van der Waals surface area contributed by atoms with Crippen LogP contribution in [-0.2, 0) is 13.2 Å². The first-order chi connectivity index (χ1) is 18.5. The van der Waals surface area contributed by atoms with Crippen molar-refractivity contribution in [2.45, 2.75) is 58.4 Å². The van der Waals surface area contributed by atoms with E-state index < -0.39 is 0 Å². The second-order valence-corrected chi connectivity index (χ2v) is 10.7. The van der Waals surface area contributed by atoms with Crippen molar-refractivity contribution in [1.82, 2.24) is 14.9 Å². The number of hydrogen-bond acceptors (Lipinski definition) is 5. The van der Waals surface area contributed by atoms with Gasteiger partial charge in [0.05, 0.1) is 11.7 Å². The van der Waals surface area contributed by atoms with E-state index in [1.54, 1.807) is 0 Å². The molecule has 3 heterocycles. The van der Waals surface area contributed by atoms with Crippen LogP contribution < -0.4 is 9.47 Å². The Hall–Kier alpha value is -3.70. The minimum atomic E-state index is 0.0945. The highest BCUT2D eigenvalue weighted by molar-refractivity contribution is 5.68. The lowest BCUT2D eigenvalue weighted by atomic mass is 9.92. The number of nitrogens with zero attached hydrogens (tertiary/aromatic N) is 3. The topological polar surface area (TPSA) is 47.5 Å². The molecule has 1 aliphatic heterocycles. The van der Waals surface area contributed by atoms with Crippen molar-refractivity contribution < 1.29 is 9.47 Å². The zero-order valence-electron chi connectivity index (χ0n) is 22.5. The molecule has 1 radical (unpaired) electrons. The average molecular weight is 507 g/mol. The molecule has 195 valence electrons. The molecule has 2 aromatic carbocycles. The molecule has 0 aliphatic carbocycles. The number of benzene rings is 2. The summed E-state index contributed by atoms with van der Waals surface area (Å²) in [4.78, 5) is 12.2. The van der Waals surface area contributed by atoms with E-state index in [0.29, 0.717) is 31.0 Å².